The third-order valence-corrected chi connectivity index (χ3v) is 3.81. The van der Waals surface area contributed by atoms with E-state index >= 15 is 0 Å². The SMILES string of the molecule is CCCCCCC(C)NC(=NC)NCCS(C)(=O)=O. The van der Waals surface area contributed by atoms with E-state index in [0.29, 0.717) is 18.5 Å². The van der Waals surface area contributed by atoms with Crippen LogP contribution in [0.3, 0.4) is 0 Å². The van der Waals surface area contributed by atoms with E-state index in [-0.39, 0.29) is 5.75 Å². The second-order valence-corrected chi connectivity index (χ2v) is 7.28. The average molecular weight is 291 g/mol. The largest absolute Gasteiger partial charge is 0.355 e. The van der Waals surface area contributed by atoms with Crippen LogP contribution in [0.4, 0.5) is 0 Å². The van der Waals surface area contributed by atoms with Crippen molar-refractivity contribution in [2.75, 3.05) is 25.6 Å². The van der Waals surface area contributed by atoms with Crippen molar-refractivity contribution in [2.24, 2.45) is 4.99 Å². The van der Waals surface area contributed by atoms with Gasteiger partial charge in [0, 0.05) is 25.9 Å². The molecule has 0 saturated carbocycles. The van der Waals surface area contributed by atoms with Crippen molar-refractivity contribution in [3.63, 3.8) is 0 Å². The van der Waals surface area contributed by atoms with E-state index in [9.17, 15) is 8.42 Å². The van der Waals surface area contributed by atoms with Crippen LogP contribution in [0.1, 0.15) is 46.0 Å². The lowest BCUT2D eigenvalue weighted by Gasteiger charge is -2.17. The van der Waals surface area contributed by atoms with E-state index in [4.69, 9.17) is 0 Å². The molecule has 19 heavy (non-hydrogen) atoms. The fraction of sp³-hybridized carbons (Fsp3) is 0.923. The Hall–Kier alpha value is -0.780. The van der Waals surface area contributed by atoms with Gasteiger partial charge in [-0.1, -0.05) is 32.6 Å². The van der Waals surface area contributed by atoms with Crippen LogP contribution in [0.25, 0.3) is 0 Å². The predicted octanol–water partition coefficient (Wildman–Crippen LogP) is 1.55. The molecule has 0 rings (SSSR count). The number of hydrogen-bond donors (Lipinski definition) is 2. The Morgan fingerprint density at radius 2 is 1.95 bits per heavy atom. The van der Waals surface area contributed by atoms with Gasteiger partial charge in [-0.3, -0.25) is 4.99 Å². The summed E-state index contributed by atoms with van der Waals surface area (Å²) in [4.78, 5) is 4.09. The Balaban J connectivity index is 3.86. The summed E-state index contributed by atoms with van der Waals surface area (Å²) in [5.41, 5.74) is 0. The van der Waals surface area contributed by atoms with Gasteiger partial charge in [0.2, 0.25) is 0 Å². The van der Waals surface area contributed by atoms with Crippen molar-refractivity contribution in [1.82, 2.24) is 10.6 Å². The van der Waals surface area contributed by atoms with Gasteiger partial charge < -0.3 is 10.6 Å². The summed E-state index contributed by atoms with van der Waals surface area (Å²) in [5.74, 6) is 0.796. The van der Waals surface area contributed by atoms with Crippen LogP contribution in [0.15, 0.2) is 4.99 Å². The topological polar surface area (TPSA) is 70.6 Å². The molecule has 0 bridgehead atoms. The van der Waals surface area contributed by atoms with Gasteiger partial charge >= 0.3 is 0 Å². The average Bonchev–Trinajstić information content (AvgIpc) is 2.32. The summed E-state index contributed by atoms with van der Waals surface area (Å²) in [6.45, 7) is 4.71. The minimum Gasteiger partial charge on any atom is -0.355 e. The molecule has 0 heterocycles. The fourth-order valence-electron chi connectivity index (χ4n) is 1.73. The van der Waals surface area contributed by atoms with Crippen molar-refractivity contribution >= 4 is 15.8 Å². The molecule has 0 aliphatic carbocycles. The van der Waals surface area contributed by atoms with Crippen LogP contribution < -0.4 is 10.6 Å². The molecule has 0 spiro atoms. The highest BCUT2D eigenvalue weighted by Gasteiger charge is 2.06. The maximum absolute atomic E-state index is 11.0. The lowest BCUT2D eigenvalue weighted by molar-refractivity contribution is 0.537. The summed E-state index contributed by atoms with van der Waals surface area (Å²) in [6, 6.07) is 0.348. The molecule has 6 heteroatoms. The molecule has 0 aromatic carbocycles. The standard InChI is InChI=1S/C13H29N3O2S/c1-5-6-7-8-9-12(2)16-13(14-3)15-10-11-19(4,17)18/h12H,5-11H2,1-4H3,(H2,14,15,16). The second kappa shape index (κ2) is 10.1. The summed E-state index contributed by atoms with van der Waals surface area (Å²) in [7, 11) is -1.23. The van der Waals surface area contributed by atoms with Gasteiger partial charge in [-0.15, -0.1) is 0 Å². The Morgan fingerprint density at radius 3 is 2.47 bits per heavy atom. The van der Waals surface area contributed by atoms with Crippen LogP contribution in [0.5, 0.6) is 0 Å². The van der Waals surface area contributed by atoms with Crippen LogP contribution in [0.2, 0.25) is 0 Å². The number of aliphatic imine (C=N–C) groups is 1. The molecule has 1 unspecified atom stereocenters. The molecule has 0 aliphatic heterocycles. The zero-order valence-corrected chi connectivity index (χ0v) is 13.5. The Labute approximate surface area is 118 Å². The van der Waals surface area contributed by atoms with Gasteiger partial charge in [0.25, 0.3) is 0 Å². The Bertz CT molecular complexity index is 353. The van der Waals surface area contributed by atoms with Crippen LogP contribution in [0, 0.1) is 0 Å². The van der Waals surface area contributed by atoms with Crippen LogP contribution in [-0.2, 0) is 9.84 Å². The van der Waals surface area contributed by atoms with Crippen molar-refractivity contribution in [2.45, 2.75) is 52.0 Å². The van der Waals surface area contributed by atoms with Gasteiger partial charge in [-0.2, -0.15) is 0 Å². The summed E-state index contributed by atoms with van der Waals surface area (Å²) in [6.07, 6.45) is 7.35. The number of rotatable bonds is 9. The molecule has 1 atom stereocenters. The first kappa shape index (κ1) is 18.2. The van der Waals surface area contributed by atoms with Gasteiger partial charge in [0.1, 0.15) is 9.84 Å². The summed E-state index contributed by atoms with van der Waals surface area (Å²) < 4.78 is 22.1. The summed E-state index contributed by atoms with van der Waals surface area (Å²) >= 11 is 0. The molecular weight excluding hydrogens is 262 g/mol. The molecule has 2 N–H and O–H groups in total. The van der Waals surface area contributed by atoms with Gasteiger partial charge in [-0.05, 0) is 13.3 Å². The monoisotopic (exact) mass is 291 g/mol. The number of sulfone groups is 1. The van der Waals surface area contributed by atoms with Gasteiger partial charge in [0.15, 0.2) is 5.96 Å². The maximum atomic E-state index is 11.0. The van der Waals surface area contributed by atoms with E-state index in [1.54, 1.807) is 7.05 Å². The maximum Gasteiger partial charge on any atom is 0.191 e. The first-order chi connectivity index (χ1) is 8.89. The van der Waals surface area contributed by atoms with E-state index in [1.165, 1.54) is 31.9 Å². The van der Waals surface area contributed by atoms with Crippen molar-refractivity contribution in [3.05, 3.63) is 0 Å². The van der Waals surface area contributed by atoms with Crippen LogP contribution in [-0.4, -0.2) is 46.0 Å². The highest BCUT2D eigenvalue weighted by Crippen LogP contribution is 2.04. The number of nitrogens with zero attached hydrogens (tertiary/aromatic N) is 1. The van der Waals surface area contributed by atoms with Gasteiger partial charge in [-0.25, -0.2) is 8.42 Å². The molecule has 5 nitrogen and oxygen atoms in total. The molecule has 0 radical (unpaired) electrons. The number of guanidine groups is 1. The van der Waals surface area contributed by atoms with E-state index < -0.39 is 9.84 Å². The molecule has 0 amide bonds. The normalized spacial score (nSPS) is 14.2. The Kier molecular flexibility index (Phi) is 9.65. The molecule has 0 saturated heterocycles. The predicted molar refractivity (Wildman–Crippen MR) is 82.4 cm³/mol. The fourth-order valence-corrected chi connectivity index (χ4v) is 2.21. The molecule has 0 fully saturated rings. The van der Waals surface area contributed by atoms with E-state index in [0.717, 1.165) is 6.42 Å². The second-order valence-electron chi connectivity index (χ2n) is 5.02. The van der Waals surface area contributed by atoms with E-state index in [1.807, 2.05) is 0 Å². The van der Waals surface area contributed by atoms with Crippen molar-refractivity contribution < 1.29 is 8.42 Å². The molecular formula is C13H29N3O2S. The lowest BCUT2D eigenvalue weighted by atomic mass is 10.1. The zero-order chi connectivity index (χ0) is 14.7. The van der Waals surface area contributed by atoms with Crippen molar-refractivity contribution in [3.8, 4) is 0 Å². The molecule has 114 valence electrons. The highest BCUT2D eigenvalue weighted by atomic mass is 32.2. The first-order valence-electron chi connectivity index (χ1n) is 7.04. The summed E-state index contributed by atoms with van der Waals surface area (Å²) in [5, 5.41) is 6.29. The minimum absolute atomic E-state index is 0.124. The van der Waals surface area contributed by atoms with Crippen molar-refractivity contribution in [1.29, 1.82) is 0 Å². The number of hydrogen-bond acceptors (Lipinski definition) is 3. The lowest BCUT2D eigenvalue weighted by Crippen LogP contribution is -2.43. The molecule has 0 aliphatic rings. The van der Waals surface area contributed by atoms with Gasteiger partial charge in [0.05, 0.1) is 5.75 Å². The third-order valence-electron chi connectivity index (χ3n) is 2.86. The van der Waals surface area contributed by atoms with E-state index in [2.05, 4.69) is 29.5 Å². The zero-order valence-electron chi connectivity index (χ0n) is 12.7. The highest BCUT2D eigenvalue weighted by molar-refractivity contribution is 7.90. The number of nitrogens with one attached hydrogen (secondary N) is 2. The van der Waals surface area contributed by atoms with Crippen LogP contribution >= 0.6 is 0 Å². The third kappa shape index (κ3) is 12.0. The molecule has 0 aromatic heterocycles. The smallest absolute Gasteiger partial charge is 0.191 e. The first-order valence-corrected chi connectivity index (χ1v) is 9.10. The quantitative estimate of drug-likeness (QED) is 0.384. The minimum atomic E-state index is -2.92. The molecule has 0 aromatic rings. The number of unbranched alkanes of at least 4 members (excludes halogenated alkanes) is 3. The Morgan fingerprint density at radius 1 is 1.26 bits per heavy atom.